The number of hydrogen-bond acceptors (Lipinski definition) is 4. The minimum atomic E-state index is 0.871. The largest absolute Gasteiger partial charge is 0.497 e. The Hall–Kier alpha value is -2.82. The van der Waals surface area contributed by atoms with Crippen LogP contribution in [0.15, 0.2) is 78.9 Å². The van der Waals surface area contributed by atoms with E-state index >= 15 is 0 Å². The van der Waals surface area contributed by atoms with Gasteiger partial charge in [0.2, 0.25) is 0 Å². The van der Waals surface area contributed by atoms with E-state index in [0.717, 1.165) is 56.5 Å². The van der Waals surface area contributed by atoms with Crippen LogP contribution in [0.25, 0.3) is 0 Å². The molecule has 0 bridgehead atoms. The molecular formula is C25H28N2O2. The van der Waals surface area contributed by atoms with E-state index < -0.39 is 0 Å². The van der Waals surface area contributed by atoms with Gasteiger partial charge in [-0.3, -0.25) is 9.80 Å². The van der Waals surface area contributed by atoms with Gasteiger partial charge < -0.3 is 9.47 Å². The fraction of sp³-hybridized carbons (Fsp3) is 0.280. The molecule has 1 aliphatic rings. The topological polar surface area (TPSA) is 24.9 Å². The Morgan fingerprint density at radius 3 is 1.72 bits per heavy atom. The summed E-state index contributed by atoms with van der Waals surface area (Å²) >= 11 is 0. The highest BCUT2D eigenvalue weighted by molar-refractivity contribution is 5.34. The van der Waals surface area contributed by atoms with Crippen LogP contribution >= 0.6 is 0 Å². The van der Waals surface area contributed by atoms with Gasteiger partial charge in [0.25, 0.3) is 0 Å². The van der Waals surface area contributed by atoms with Gasteiger partial charge in [0.15, 0.2) is 0 Å². The van der Waals surface area contributed by atoms with Crippen molar-refractivity contribution in [2.24, 2.45) is 0 Å². The van der Waals surface area contributed by atoms with Crippen LogP contribution in [0.5, 0.6) is 17.2 Å². The molecule has 1 saturated heterocycles. The number of ether oxygens (including phenoxy) is 2. The molecule has 3 aromatic rings. The number of para-hydroxylation sites is 1. The van der Waals surface area contributed by atoms with Crippen LogP contribution < -0.4 is 9.47 Å². The molecule has 3 aromatic carbocycles. The summed E-state index contributed by atoms with van der Waals surface area (Å²) in [5.41, 5.74) is 2.60. The van der Waals surface area contributed by atoms with E-state index in [0.29, 0.717) is 0 Å². The van der Waals surface area contributed by atoms with Gasteiger partial charge in [-0.1, -0.05) is 42.5 Å². The first-order chi connectivity index (χ1) is 14.3. The molecule has 29 heavy (non-hydrogen) atoms. The normalized spacial score (nSPS) is 15.2. The Labute approximate surface area is 173 Å². The lowest BCUT2D eigenvalue weighted by molar-refractivity contribution is 0.122. The zero-order valence-electron chi connectivity index (χ0n) is 17.0. The summed E-state index contributed by atoms with van der Waals surface area (Å²) in [5, 5.41) is 0. The second-order valence-electron chi connectivity index (χ2n) is 7.47. The maximum atomic E-state index is 5.97. The molecule has 0 radical (unpaired) electrons. The lowest BCUT2D eigenvalue weighted by Crippen LogP contribution is -2.45. The first-order valence-electron chi connectivity index (χ1n) is 10.2. The van der Waals surface area contributed by atoms with E-state index in [1.54, 1.807) is 7.11 Å². The van der Waals surface area contributed by atoms with Crippen LogP contribution in [0.3, 0.4) is 0 Å². The molecule has 0 saturated carbocycles. The highest BCUT2D eigenvalue weighted by atomic mass is 16.5. The summed E-state index contributed by atoms with van der Waals surface area (Å²) in [5.74, 6) is 2.69. The highest BCUT2D eigenvalue weighted by Crippen LogP contribution is 2.23. The van der Waals surface area contributed by atoms with Gasteiger partial charge in [0, 0.05) is 39.3 Å². The van der Waals surface area contributed by atoms with Crippen molar-refractivity contribution in [3.63, 3.8) is 0 Å². The predicted molar refractivity (Wildman–Crippen MR) is 117 cm³/mol. The van der Waals surface area contributed by atoms with Crippen molar-refractivity contribution in [3.05, 3.63) is 90.0 Å². The molecule has 150 valence electrons. The van der Waals surface area contributed by atoms with Crippen LogP contribution in [0.1, 0.15) is 11.1 Å². The third-order valence-electron chi connectivity index (χ3n) is 5.29. The average Bonchev–Trinajstić information content (AvgIpc) is 2.76. The van der Waals surface area contributed by atoms with Crippen LogP contribution in [-0.2, 0) is 13.1 Å². The number of piperazine rings is 1. The van der Waals surface area contributed by atoms with Gasteiger partial charge in [0.05, 0.1) is 7.11 Å². The zero-order chi connectivity index (χ0) is 19.9. The zero-order valence-corrected chi connectivity index (χ0v) is 17.0. The summed E-state index contributed by atoms with van der Waals surface area (Å²) < 4.78 is 11.3. The molecule has 0 atom stereocenters. The maximum Gasteiger partial charge on any atom is 0.127 e. The summed E-state index contributed by atoms with van der Waals surface area (Å²) in [4.78, 5) is 5.03. The first-order valence-corrected chi connectivity index (χ1v) is 10.2. The van der Waals surface area contributed by atoms with E-state index in [2.05, 4.69) is 46.2 Å². The van der Waals surface area contributed by atoms with Crippen LogP contribution in [-0.4, -0.2) is 43.1 Å². The molecule has 0 N–H and O–H groups in total. The Morgan fingerprint density at radius 2 is 1.14 bits per heavy atom. The predicted octanol–water partition coefficient (Wildman–Crippen LogP) is 4.81. The number of hydrogen-bond donors (Lipinski definition) is 0. The van der Waals surface area contributed by atoms with Crippen molar-refractivity contribution >= 4 is 0 Å². The smallest absolute Gasteiger partial charge is 0.127 e. The van der Waals surface area contributed by atoms with Crippen molar-refractivity contribution in [3.8, 4) is 17.2 Å². The van der Waals surface area contributed by atoms with Crippen LogP contribution in [0, 0.1) is 0 Å². The highest BCUT2D eigenvalue weighted by Gasteiger charge is 2.17. The third kappa shape index (κ3) is 5.59. The summed E-state index contributed by atoms with van der Waals surface area (Å²) in [6, 6.07) is 26.7. The van der Waals surface area contributed by atoms with E-state index in [-0.39, 0.29) is 0 Å². The molecule has 1 heterocycles. The van der Waals surface area contributed by atoms with Gasteiger partial charge in [-0.05, 0) is 47.5 Å². The van der Waals surface area contributed by atoms with Crippen LogP contribution in [0.2, 0.25) is 0 Å². The first kappa shape index (κ1) is 19.5. The minimum absolute atomic E-state index is 0.871. The molecule has 0 amide bonds. The summed E-state index contributed by atoms with van der Waals surface area (Å²) in [7, 11) is 1.72. The van der Waals surface area contributed by atoms with Crippen LogP contribution in [0.4, 0.5) is 0 Å². The monoisotopic (exact) mass is 388 g/mol. The maximum absolute atomic E-state index is 5.97. The van der Waals surface area contributed by atoms with Crippen molar-refractivity contribution in [2.45, 2.75) is 13.1 Å². The molecule has 0 unspecified atom stereocenters. The van der Waals surface area contributed by atoms with E-state index in [1.807, 2.05) is 42.5 Å². The molecule has 0 aliphatic carbocycles. The minimum Gasteiger partial charge on any atom is -0.497 e. The lowest BCUT2D eigenvalue weighted by atomic mass is 10.1. The SMILES string of the molecule is COc1cccc(CN2CCN(Cc3cccc(Oc4ccccc4)c3)CC2)c1. The molecule has 0 spiro atoms. The Balaban J connectivity index is 1.29. The number of nitrogens with zero attached hydrogens (tertiary/aromatic N) is 2. The van der Waals surface area contributed by atoms with Gasteiger partial charge >= 0.3 is 0 Å². The Bertz CT molecular complexity index is 905. The van der Waals surface area contributed by atoms with Crippen molar-refractivity contribution in [1.82, 2.24) is 9.80 Å². The molecule has 1 fully saturated rings. The van der Waals surface area contributed by atoms with Gasteiger partial charge in [-0.15, -0.1) is 0 Å². The molecule has 4 nitrogen and oxygen atoms in total. The number of rotatable bonds is 7. The standard InChI is InChI=1S/C25H28N2O2/c1-28-24-11-5-7-21(17-24)19-26-13-15-27(16-14-26)20-22-8-6-12-25(18-22)29-23-9-3-2-4-10-23/h2-12,17-18H,13-16,19-20H2,1H3. The second-order valence-corrected chi connectivity index (χ2v) is 7.47. The summed E-state index contributed by atoms with van der Waals surface area (Å²) in [6.07, 6.45) is 0. The average molecular weight is 389 g/mol. The Morgan fingerprint density at radius 1 is 0.621 bits per heavy atom. The van der Waals surface area contributed by atoms with Gasteiger partial charge in [-0.2, -0.15) is 0 Å². The molecule has 1 aliphatic heterocycles. The third-order valence-corrected chi connectivity index (χ3v) is 5.29. The van der Waals surface area contributed by atoms with Gasteiger partial charge in [-0.25, -0.2) is 0 Å². The molecular weight excluding hydrogens is 360 g/mol. The Kier molecular flexibility index (Phi) is 6.45. The quantitative estimate of drug-likeness (QED) is 0.580. The second kappa shape index (κ2) is 9.59. The fourth-order valence-electron chi connectivity index (χ4n) is 3.72. The van der Waals surface area contributed by atoms with Crippen molar-refractivity contribution in [1.29, 1.82) is 0 Å². The molecule has 4 rings (SSSR count). The molecule has 0 aromatic heterocycles. The van der Waals surface area contributed by atoms with E-state index in [1.165, 1.54) is 11.1 Å². The van der Waals surface area contributed by atoms with E-state index in [4.69, 9.17) is 9.47 Å². The lowest BCUT2D eigenvalue weighted by Gasteiger charge is -2.34. The van der Waals surface area contributed by atoms with E-state index in [9.17, 15) is 0 Å². The number of methoxy groups -OCH3 is 1. The van der Waals surface area contributed by atoms with Crippen molar-refractivity contribution < 1.29 is 9.47 Å². The van der Waals surface area contributed by atoms with Crippen molar-refractivity contribution in [2.75, 3.05) is 33.3 Å². The number of benzene rings is 3. The van der Waals surface area contributed by atoms with Gasteiger partial charge in [0.1, 0.15) is 17.2 Å². The summed E-state index contributed by atoms with van der Waals surface area (Å²) in [6.45, 7) is 6.25. The fourth-order valence-corrected chi connectivity index (χ4v) is 3.72. The molecule has 4 heteroatoms.